The summed E-state index contributed by atoms with van der Waals surface area (Å²) in [7, 11) is 0. The molecule has 1 aromatic heterocycles. The number of amides is 1. The van der Waals surface area contributed by atoms with Crippen molar-refractivity contribution in [2.75, 3.05) is 6.54 Å². The van der Waals surface area contributed by atoms with Crippen molar-refractivity contribution >= 4 is 23.5 Å². The molecule has 8 nitrogen and oxygen atoms in total. The molecule has 1 fully saturated rings. The van der Waals surface area contributed by atoms with Gasteiger partial charge in [-0.2, -0.15) is 0 Å². The summed E-state index contributed by atoms with van der Waals surface area (Å²) in [4.78, 5) is 31.3. The van der Waals surface area contributed by atoms with Crippen molar-refractivity contribution in [1.29, 1.82) is 0 Å². The van der Waals surface area contributed by atoms with Gasteiger partial charge in [0.05, 0.1) is 11.8 Å². The summed E-state index contributed by atoms with van der Waals surface area (Å²) in [6.07, 6.45) is 4.38. The van der Waals surface area contributed by atoms with Gasteiger partial charge in [0.15, 0.2) is 11.4 Å². The molecule has 1 aliphatic rings. The van der Waals surface area contributed by atoms with Gasteiger partial charge in [-0.25, -0.2) is 9.97 Å². The summed E-state index contributed by atoms with van der Waals surface area (Å²) in [5, 5.41) is 21.7. The Balaban J connectivity index is 1.58. The number of carbonyl (C=O) groups is 2. The van der Waals surface area contributed by atoms with Crippen molar-refractivity contribution in [3.8, 4) is 11.5 Å². The van der Waals surface area contributed by atoms with Crippen molar-refractivity contribution in [2.24, 2.45) is 5.92 Å². The van der Waals surface area contributed by atoms with E-state index < -0.39 is 18.4 Å². The Labute approximate surface area is 179 Å². The van der Waals surface area contributed by atoms with Gasteiger partial charge in [0.1, 0.15) is 18.1 Å². The number of benzene rings is 1. The quantitative estimate of drug-likeness (QED) is 0.613. The molecule has 160 valence electrons. The second kappa shape index (κ2) is 9.75. The lowest BCUT2D eigenvalue weighted by Gasteiger charge is -2.28. The lowest BCUT2D eigenvalue weighted by atomic mass is 9.85. The Morgan fingerprint density at radius 1 is 1.17 bits per heavy atom. The first-order valence-corrected chi connectivity index (χ1v) is 10.2. The molecule has 3 rings (SSSR count). The third-order valence-corrected chi connectivity index (χ3v) is 5.35. The number of aromatic nitrogens is 2. The van der Waals surface area contributed by atoms with Gasteiger partial charge in [-0.3, -0.25) is 9.59 Å². The molecule has 0 bridgehead atoms. The minimum Gasteiger partial charge on any atom is -0.504 e. The number of carbonyl (C=O) groups excluding carboxylic acids is 1. The Morgan fingerprint density at radius 3 is 2.47 bits per heavy atom. The monoisotopic (exact) mass is 433 g/mol. The number of rotatable bonds is 7. The zero-order valence-electron chi connectivity index (χ0n) is 16.6. The van der Waals surface area contributed by atoms with E-state index in [1.807, 2.05) is 12.1 Å². The topological polar surface area (TPSA) is 122 Å². The molecule has 0 spiro atoms. The van der Waals surface area contributed by atoms with E-state index in [0.717, 1.165) is 31.4 Å². The molecular formula is C21H24ClN3O5. The number of halogens is 1. The van der Waals surface area contributed by atoms with E-state index in [0.29, 0.717) is 28.9 Å². The van der Waals surface area contributed by atoms with E-state index in [1.54, 1.807) is 19.1 Å². The number of aryl methyl sites for hydroxylation is 1. The maximum absolute atomic E-state index is 12.2. The third-order valence-electron chi connectivity index (χ3n) is 5.10. The fraction of sp³-hybridized carbons (Fsp3) is 0.429. The van der Waals surface area contributed by atoms with Crippen LogP contribution in [0.4, 0.5) is 0 Å². The molecule has 0 aliphatic heterocycles. The maximum Gasteiger partial charge on any atom is 0.322 e. The van der Waals surface area contributed by atoms with Gasteiger partial charge in [-0.05, 0) is 62.8 Å². The molecule has 1 aromatic carbocycles. The number of hydrogen-bond acceptors (Lipinski definition) is 6. The Kier molecular flexibility index (Phi) is 7.10. The minimum absolute atomic E-state index is 0.141. The molecule has 2 aromatic rings. The van der Waals surface area contributed by atoms with E-state index in [2.05, 4.69) is 15.3 Å². The summed E-state index contributed by atoms with van der Waals surface area (Å²) in [6, 6.07) is 7.32. The number of aromatic hydroxyl groups is 1. The first-order valence-electron chi connectivity index (χ1n) is 9.80. The first-order chi connectivity index (χ1) is 14.3. The lowest BCUT2D eigenvalue weighted by molar-refractivity contribution is -0.135. The summed E-state index contributed by atoms with van der Waals surface area (Å²) >= 11 is 5.90. The standard InChI is InChI=1S/C21H24ClN3O5/c1-12-20(28)19(21(29)23-11-18(26)27)25-17(24-12)10-13-2-6-15(7-3-13)30-16-8-4-14(22)5-9-16/h4-5,8-9,13,15,28H,2-3,6-7,10-11H2,1H3,(H,23,29)(H,26,27). The van der Waals surface area contributed by atoms with Crippen LogP contribution in [0.25, 0.3) is 0 Å². The van der Waals surface area contributed by atoms with Crippen LogP contribution in [0.2, 0.25) is 5.02 Å². The number of hydrogen-bond donors (Lipinski definition) is 3. The van der Waals surface area contributed by atoms with Gasteiger partial charge in [0.2, 0.25) is 0 Å². The highest BCUT2D eigenvalue weighted by atomic mass is 35.5. The van der Waals surface area contributed by atoms with Gasteiger partial charge in [-0.15, -0.1) is 0 Å². The number of carboxylic acid groups (broad SMARTS) is 1. The van der Waals surface area contributed by atoms with Gasteiger partial charge in [0, 0.05) is 11.4 Å². The van der Waals surface area contributed by atoms with Crippen LogP contribution in [0.1, 0.15) is 47.7 Å². The Hall–Kier alpha value is -2.87. The van der Waals surface area contributed by atoms with Crippen molar-refractivity contribution in [2.45, 2.75) is 45.1 Å². The largest absolute Gasteiger partial charge is 0.504 e. The molecule has 9 heteroatoms. The molecule has 0 saturated heterocycles. The zero-order chi connectivity index (χ0) is 21.7. The van der Waals surface area contributed by atoms with Crippen LogP contribution in [0.3, 0.4) is 0 Å². The molecule has 0 radical (unpaired) electrons. The zero-order valence-corrected chi connectivity index (χ0v) is 17.4. The van der Waals surface area contributed by atoms with Crippen molar-refractivity contribution in [3.05, 3.63) is 46.5 Å². The number of nitrogens with zero attached hydrogens (tertiary/aromatic N) is 2. The molecule has 0 atom stereocenters. The van der Waals surface area contributed by atoms with Gasteiger partial charge in [0.25, 0.3) is 5.91 Å². The maximum atomic E-state index is 12.2. The van der Waals surface area contributed by atoms with Crippen LogP contribution in [0, 0.1) is 12.8 Å². The Bertz CT molecular complexity index is 912. The van der Waals surface area contributed by atoms with E-state index in [9.17, 15) is 14.7 Å². The van der Waals surface area contributed by atoms with Crippen molar-refractivity contribution in [1.82, 2.24) is 15.3 Å². The molecule has 3 N–H and O–H groups in total. The average molecular weight is 434 g/mol. The number of aliphatic carboxylic acids is 1. The van der Waals surface area contributed by atoms with E-state index >= 15 is 0 Å². The second-order valence-corrected chi connectivity index (χ2v) is 7.85. The van der Waals surface area contributed by atoms with Crippen LogP contribution in [-0.4, -0.2) is 44.7 Å². The van der Waals surface area contributed by atoms with Crippen LogP contribution in [0.15, 0.2) is 24.3 Å². The molecule has 1 aliphatic carbocycles. The summed E-state index contributed by atoms with van der Waals surface area (Å²) in [5.41, 5.74) is 0.0961. The highest BCUT2D eigenvalue weighted by molar-refractivity contribution is 6.30. The smallest absolute Gasteiger partial charge is 0.322 e. The highest BCUT2D eigenvalue weighted by Gasteiger charge is 2.25. The molecule has 1 amide bonds. The molecular weight excluding hydrogens is 410 g/mol. The number of nitrogens with one attached hydrogen (secondary N) is 1. The van der Waals surface area contributed by atoms with E-state index in [1.165, 1.54) is 0 Å². The van der Waals surface area contributed by atoms with E-state index in [4.69, 9.17) is 21.4 Å². The third kappa shape index (κ3) is 5.82. The summed E-state index contributed by atoms with van der Waals surface area (Å²) < 4.78 is 6.02. The number of ether oxygens (including phenoxy) is 1. The fourth-order valence-corrected chi connectivity index (χ4v) is 3.66. The van der Waals surface area contributed by atoms with Crippen LogP contribution < -0.4 is 10.1 Å². The molecule has 30 heavy (non-hydrogen) atoms. The van der Waals surface area contributed by atoms with Crippen LogP contribution >= 0.6 is 11.6 Å². The molecule has 1 heterocycles. The SMILES string of the molecule is Cc1nc(CC2CCC(Oc3ccc(Cl)cc3)CC2)nc(C(=O)NCC(=O)O)c1O. The van der Waals surface area contributed by atoms with Gasteiger partial charge >= 0.3 is 5.97 Å². The number of carboxylic acids is 1. The van der Waals surface area contributed by atoms with Crippen LogP contribution in [0.5, 0.6) is 11.5 Å². The molecule has 0 unspecified atom stereocenters. The minimum atomic E-state index is -1.17. The predicted molar refractivity (Wildman–Crippen MR) is 110 cm³/mol. The molecule has 1 saturated carbocycles. The van der Waals surface area contributed by atoms with Crippen molar-refractivity contribution in [3.63, 3.8) is 0 Å². The van der Waals surface area contributed by atoms with Crippen LogP contribution in [-0.2, 0) is 11.2 Å². The van der Waals surface area contributed by atoms with Crippen molar-refractivity contribution < 1.29 is 24.5 Å². The second-order valence-electron chi connectivity index (χ2n) is 7.42. The normalized spacial score (nSPS) is 18.6. The fourth-order valence-electron chi connectivity index (χ4n) is 3.53. The predicted octanol–water partition coefficient (Wildman–Crippen LogP) is 3.14. The first kappa shape index (κ1) is 21.8. The van der Waals surface area contributed by atoms with E-state index in [-0.39, 0.29) is 17.5 Å². The highest BCUT2D eigenvalue weighted by Crippen LogP contribution is 2.30. The lowest BCUT2D eigenvalue weighted by Crippen LogP contribution is -2.30. The van der Waals surface area contributed by atoms with Gasteiger partial charge in [-0.1, -0.05) is 11.6 Å². The summed E-state index contributed by atoms with van der Waals surface area (Å²) in [6.45, 7) is 1.04. The summed E-state index contributed by atoms with van der Waals surface area (Å²) in [5.74, 6) is -0.631. The van der Waals surface area contributed by atoms with Gasteiger partial charge < -0.3 is 20.3 Å². The average Bonchev–Trinajstić information content (AvgIpc) is 2.72. The Morgan fingerprint density at radius 2 is 1.83 bits per heavy atom.